The number of aromatic nitrogens is 1. The summed E-state index contributed by atoms with van der Waals surface area (Å²) >= 11 is 0. The predicted molar refractivity (Wildman–Crippen MR) is 97.9 cm³/mol. The molecule has 0 atom stereocenters. The number of aromatic hydroxyl groups is 1. The Morgan fingerprint density at radius 2 is 2.00 bits per heavy atom. The van der Waals surface area contributed by atoms with Gasteiger partial charge in [-0.3, -0.25) is 9.98 Å². The second kappa shape index (κ2) is 5.87. The first-order valence-electron chi connectivity index (χ1n) is 7.78. The number of pyridine rings is 1. The molecule has 0 unspecified atom stereocenters. The van der Waals surface area contributed by atoms with Crippen LogP contribution in [0.4, 0.5) is 5.69 Å². The Kier molecular flexibility index (Phi) is 3.54. The molecule has 4 aromatic rings. The minimum absolute atomic E-state index is 0.0195. The monoisotopic (exact) mass is 330 g/mol. The number of hydrogen-bond acceptors (Lipinski definition) is 5. The molecular weight excluding hydrogens is 316 g/mol. The van der Waals surface area contributed by atoms with Crippen molar-refractivity contribution in [2.24, 2.45) is 4.99 Å². The van der Waals surface area contributed by atoms with E-state index in [1.165, 1.54) is 6.21 Å². The molecule has 0 fully saturated rings. The van der Waals surface area contributed by atoms with E-state index in [0.717, 1.165) is 16.5 Å². The average Bonchev–Trinajstić information content (AvgIpc) is 2.62. The van der Waals surface area contributed by atoms with Crippen LogP contribution in [0.2, 0.25) is 0 Å². The van der Waals surface area contributed by atoms with E-state index in [1.807, 2.05) is 37.3 Å². The summed E-state index contributed by atoms with van der Waals surface area (Å²) in [5.74, 6) is -0.133. The number of para-hydroxylation sites is 1. The molecule has 2 heterocycles. The minimum atomic E-state index is -0.634. The normalized spacial score (nSPS) is 11.6. The third-order valence-corrected chi connectivity index (χ3v) is 4.01. The summed E-state index contributed by atoms with van der Waals surface area (Å²) in [6.07, 6.45) is 3.01. The molecule has 0 saturated carbocycles. The summed E-state index contributed by atoms with van der Waals surface area (Å²) < 4.78 is 5.28. The summed E-state index contributed by atoms with van der Waals surface area (Å²) in [7, 11) is 0. The van der Waals surface area contributed by atoms with Gasteiger partial charge in [0.05, 0.1) is 16.6 Å². The van der Waals surface area contributed by atoms with Crippen LogP contribution in [0.1, 0.15) is 11.1 Å². The smallest absolute Gasteiger partial charge is 0.348 e. The van der Waals surface area contributed by atoms with Crippen molar-refractivity contribution >= 4 is 33.8 Å². The molecule has 1 N–H and O–H groups in total. The number of rotatable bonds is 2. The second-order valence-corrected chi connectivity index (χ2v) is 5.76. The van der Waals surface area contributed by atoms with Gasteiger partial charge < -0.3 is 9.52 Å². The maximum atomic E-state index is 12.2. The standard InChI is InChI=1S/C20H14N2O3/c1-12-7-8-17-14(10-12)19(23)15(20(24)25-17)11-22-16-6-2-4-13-5-3-9-21-18(13)16/h2-11,23H,1H3. The van der Waals surface area contributed by atoms with Crippen LogP contribution < -0.4 is 5.63 Å². The molecule has 0 amide bonds. The zero-order valence-corrected chi connectivity index (χ0v) is 13.4. The van der Waals surface area contributed by atoms with Gasteiger partial charge in [0.2, 0.25) is 0 Å². The third-order valence-electron chi connectivity index (χ3n) is 4.01. The van der Waals surface area contributed by atoms with Crippen LogP contribution in [-0.2, 0) is 0 Å². The van der Waals surface area contributed by atoms with Crippen molar-refractivity contribution in [3.8, 4) is 5.75 Å². The van der Waals surface area contributed by atoms with Crippen LogP contribution in [0, 0.1) is 6.92 Å². The van der Waals surface area contributed by atoms with Gasteiger partial charge in [-0.05, 0) is 31.2 Å². The molecule has 122 valence electrons. The van der Waals surface area contributed by atoms with Crippen molar-refractivity contribution in [3.63, 3.8) is 0 Å². The molecule has 0 bridgehead atoms. The molecule has 0 radical (unpaired) electrons. The lowest BCUT2D eigenvalue weighted by Gasteiger charge is -2.04. The summed E-state index contributed by atoms with van der Waals surface area (Å²) in [6.45, 7) is 1.90. The SMILES string of the molecule is Cc1ccc2oc(=O)c(C=Nc3cccc4cccnc34)c(O)c2c1. The Bertz CT molecular complexity index is 1190. The van der Waals surface area contributed by atoms with Crippen molar-refractivity contribution in [2.45, 2.75) is 6.92 Å². The van der Waals surface area contributed by atoms with Crippen molar-refractivity contribution < 1.29 is 9.52 Å². The Labute approximate surface area is 142 Å². The molecular formula is C20H14N2O3. The lowest BCUT2D eigenvalue weighted by Crippen LogP contribution is -2.07. The van der Waals surface area contributed by atoms with Crippen LogP contribution >= 0.6 is 0 Å². The highest BCUT2D eigenvalue weighted by Crippen LogP contribution is 2.28. The van der Waals surface area contributed by atoms with Gasteiger partial charge in [0, 0.05) is 17.8 Å². The van der Waals surface area contributed by atoms with Gasteiger partial charge in [-0.15, -0.1) is 0 Å². The Morgan fingerprint density at radius 1 is 1.16 bits per heavy atom. The highest BCUT2D eigenvalue weighted by molar-refractivity contribution is 5.96. The maximum Gasteiger partial charge on any atom is 0.348 e. The lowest BCUT2D eigenvalue weighted by molar-refractivity contribution is 0.466. The number of fused-ring (bicyclic) bond motifs is 2. The van der Waals surface area contributed by atoms with Gasteiger partial charge in [-0.2, -0.15) is 0 Å². The molecule has 5 nitrogen and oxygen atoms in total. The van der Waals surface area contributed by atoms with E-state index in [1.54, 1.807) is 24.4 Å². The van der Waals surface area contributed by atoms with Gasteiger partial charge in [-0.25, -0.2) is 4.79 Å². The van der Waals surface area contributed by atoms with E-state index in [2.05, 4.69) is 9.98 Å². The molecule has 0 aliphatic rings. The van der Waals surface area contributed by atoms with E-state index in [-0.39, 0.29) is 11.3 Å². The summed E-state index contributed by atoms with van der Waals surface area (Å²) in [6, 6.07) is 14.6. The van der Waals surface area contributed by atoms with Crippen LogP contribution in [0.15, 0.2) is 68.9 Å². The molecule has 0 aliphatic carbocycles. The van der Waals surface area contributed by atoms with Crippen LogP contribution in [0.25, 0.3) is 21.9 Å². The molecule has 4 rings (SSSR count). The molecule has 2 aromatic carbocycles. The third kappa shape index (κ3) is 2.65. The Morgan fingerprint density at radius 3 is 2.88 bits per heavy atom. The van der Waals surface area contributed by atoms with Crippen LogP contribution in [-0.4, -0.2) is 16.3 Å². The van der Waals surface area contributed by atoms with Crippen molar-refractivity contribution in [1.82, 2.24) is 4.98 Å². The van der Waals surface area contributed by atoms with Gasteiger partial charge in [0.1, 0.15) is 16.9 Å². The van der Waals surface area contributed by atoms with E-state index in [0.29, 0.717) is 16.7 Å². The van der Waals surface area contributed by atoms with Gasteiger partial charge in [0.15, 0.2) is 0 Å². The fourth-order valence-electron chi connectivity index (χ4n) is 2.75. The topological polar surface area (TPSA) is 75.7 Å². The van der Waals surface area contributed by atoms with Crippen molar-refractivity contribution in [2.75, 3.05) is 0 Å². The number of nitrogens with zero attached hydrogens (tertiary/aromatic N) is 2. The number of hydrogen-bond donors (Lipinski definition) is 1. The van der Waals surface area contributed by atoms with Crippen molar-refractivity contribution in [1.29, 1.82) is 0 Å². The summed E-state index contributed by atoms with van der Waals surface area (Å²) in [5.41, 5.74) is 2.02. The molecule has 2 aromatic heterocycles. The van der Waals surface area contributed by atoms with E-state index in [4.69, 9.17) is 4.42 Å². The summed E-state index contributed by atoms with van der Waals surface area (Å²) in [5, 5.41) is 11.9. The fourth-order valence-corrected chi connectivity index (χ4v) is 2.75. The zero-order valence-electron chi connectivity index (χ0n) is 13.4. The number of aliphatic imine (C=N–C) groups is 1. The zero-order chi connectivity index (χ0) is 17.4. The van der Waals surface area contributed by atoms with E-state index in [9.17, 15) is 9.90 Å². The maximum absolute atomic E-state index is 12.2. The first kappa shape index (κ1) is 15.1. The quantitative estimate of drug-likeness (QED) is 0.443. The van der Waals surface area contributed by atoms with Gasteiger partial charge in [0.25, 0.3) is 0 Å². The average molecular weight is 330 g/mol. The molecule has 5 heteroatoms. The predicted octanol–water partition coefficient (Wildman–Crippen LogP) is 4.11. The van der Waals surface area contributed by atoms with Gasteiger partial charge in [-0.1, -0.05) is 29.8 Å². The van der Waals surface area contributed by atoms with Crippen molar-refractivity contribution in [3.05, 3.63) is 76.3 Å². The number of benzene rings is 2. The molecule has 25 heavy (non-hydrogen) atoms. The highest BCUT2D eigenvalue weighted by atomic mass is 16.4. The lowest BCUT2D eigenvalue weighted by atomic mass is 10.1. The Balaban J connectivity index is 1.87. The summed E-state index contributed by atoms with van der Waals surface area (Å²) in [4.78, 5) is 20.9. The fraction of sp³-hybridized carbons (Fsp3) is 0.0500. The molecule has 0 aliphatic heterocycles. The minimum Gasteiger partial charge on any atom is -0.506 e. The number of aryl methyl sites for hydroxylation is 1. The second-order valence-electron chi connectivity index (χ2n) is 5.76. The molecule has 0 saturated heterocycles. The first-order chi connectivity index (χ1) is 12.1. The van der Waals surface area contributed by atoms with Gasteiger partial charge >= 0.3 is 5.63 Å². The van der Waals surface area contributed by atoms with E-state index < -0.39 is 5.63 Å². The first-order valence-corrected chi connectivity index (χ1v) is 7.78. The van der Waals surface area contributed by atoms with Crippen LogP contribution in [0.3, 0.4) is 0 Å². The highest BCUT2D eigenvalue weighted by Gasteiger charge is 2.12. The molecule has 0 spiro atoms. The van der Waals surface area contributed by atoms with E-state index >= 15 is 0 Å². The Hall–Kier alpha value is -3.47. The van der Waals surface area contributed by atoms with Crippen LogP contribution in [0.5, 0.6) is 5.75 Å². The largest absolute Gasteiger partial charge is 0.506 e.